The number of hydrogen-bond donors (Lipinski definition) is 1. The Hall–Kier alpha value is -4.07. The van der Waals surface area contributed by atoms with Crippen LogP contribution in [0.15, 0.2) is 65.5 Å². The van der Waals surface area contributed by atoms with Crippen molar-refractivity contribution in [1.29, 1.82) is 0 Å². The van der Waals surface area contributed by atoms with Gasteiger partial charge in [-0.1, -0.05) is 12.1 Å². The average molecular weight is 445 g/mol. The molecule has 1 saturated heterocycles. The van der Waals surface area contributed by atoms with Crippen molar-refractivity contribution in [1.82, 2.24) is 0 Å². The van der Waals surface area contributed by atoms with Crippen molar-refractivity contribution in [3.8, 4) is 5.75 Å². The molecule has 1 N–H and O–H groups in total. The number of fused-ring (bicyclic) bond motifs is 1. The van der Waals surface area contributed by atoms with Gasteiger partial charge in [-0.15, -0.1) is 0 Å². The second-order valence-corrected chi connectivity index (χ2v) is 8.13. The summed E-state index contributed by atoms with van der Waals surface area (Å²) in [4.78, 5) is 41.5. The minimum absolute atomic E-state index is 0.109. The van der Waals surface area contributed by atoms with E-state index in [1.54, 1.807) is 35.1 Å². The quantitative estimate of drug-likeness (QED) is 0.649. The molecule has 1 fully saturated rings. The van der Waals surface area contributed by atoms with Gasteiger partial charge in [-0.2, -0.15) is 0 Å². The molecule has 3 amide bonds. The molecular weight excluding hydrogens is 422 g/mol. The monoisotopic (exact) mass is 445 g/mol. The summed E-state index contributed by atoms with van der Waals surface area (Å²) in [7, 11) is 1.56. The Morgan fingerprint density at radius 3 is 2.76 bits per heavy atom. The lowest BCUT2D eigenvalue weighted by molar-refractivity contribution is -0.122. The molecule has 0 bridgehead atoms. The van der Waals surface area contributed by atoms with Gasteiger partial charge in [0.05, 0.1) is 30.5 Å². The number of methoxy groups -OCH3 is 1. The fourth-order valence-corrected chi connectivity index (χ4v) is 4.45. The van der Waals surface area contributed by atoms with Gasteiger partial charge in [0.2, 0.25) is 11.8 Å². The lowest BCUT2D eigenvalue weighted by Crippen LogP contribution is -2.28. The molecule has 1 atom stereocenters. The van der Waals surface area contributed by atoms with E-state index in [0.717, 1.165) is 11.3 Å². The van der Waals surface area contributed by atoms with Crippen molar-refractivity contribution in [3.63, 3.8) is 0 Å². The van der Waals surface area contributed by atoms with E-state index in [0.29, 0.717) is 42.2 Å². The molecule has 3 aromatic rings. The van der Waals surface area contributed by atoms with Crippen LogP contribution in [-0.2, 0) is 16.0 Å². The van der Waals surface area contributed by atoms with Gasteiger partial charge >= 0.3 is 0 Å². The van der Waals surface area contributed by atoms with Gasteiger partial charge in [-0.25, -0.2) is 0 Å². The Bertz CT molecular complexity index is 1220. The molecule has 8 nitrogen and oxygen atoms in total. The van der Waals surface area contributed by atoms with E-state index in [9.17, 15) is 14.4 Å². The highest BCUT2D eigenvalue weighted by Gasteiger charge is 2.36. The Morgan fingerprint density at radius 1 is 1.12 bits per heavy atom. The Labute approximate surface area is 190 Å². The second kappa shape index (κ2) is 8.46. The van der Waals surface area contributed by atoms with Gasteiger partial charge in [0.15, 0.2) is 0 Å². The standard InChI is InChI=1S/C25H23N3O5/c1-32-22-5-3-2-4-21(22)28-14-18(13-23(28)29)24(30)26-19-6-7-20-16(12-19)8-10-27(20)25(31)17-9-11-33-15-17/h2-7,9,11-12,15,18H,8,10,13-14H2,1H3,(H,26,30). The highest BCUT2D eigenvalue weighted by molar-refractivity contribution is 6.07. The van der Waals surface area contributed by atoms with E-state index in [4.69, 9.17) is 9.15 Å². The molecule has 0 saturated carbocycles. The number of carbonyl (C=O) groups excluding carboxylic acids is 3. The maximum atomic E-state index is 12.9. The summed E-state index contributed by atoms with van der Waals surface area (Å²) in [5.41, 5.74) is 3.64. The minimum Gasteiger partial charge on any atom is -0.495 e. The molecule has 168 valence electrons. The molecule has 0 spiro atoms. The van der Waals surface area contributed by atoms with Crippen molar-refractivity contribution in [3.05, 3.63) is 72.2 Å². The Balaban J connectivity index is 1.27. The first kappa shape index (κ1) is 20.8. The van der Waals surface area contributed by atoms with E-state index in [-0.39, 0.29) is 24.1 Å². The van der Waals surface area contributed by atoms with E-state index in [2.05, 4.69) is 5.32 Å². The van der Waals surface area contributed by atoms with Gasteiger partial charge in [0.1, 0.15) is 12.0 Å². The number of benzene rings is 2. The highest BCUT2D eigenvalue weighted by Crippen LogP contribution is 2.34. The number of carbonyl (C=O) groups is 3. The Morgan fingerprint density at radius 2 is 1.97 bits per heavy atom. The molecule has 2 aliphatic heterocycles. The van der Waals surface area contributed by atoms with Crippen molar-refractivity contribution < 1.29 is 23.5 Å². The van der Waals surface area contributed by atoms with Crippen molar-refractivity contribution in [2.45, 2.75) is 12.8 Å². The SMILES string of the molecule is COc1ccccc1N1CC(C(=O)Nc2ccc3c(c2)CCN3C(=O)c2ccoc2)CC1=O. The molecule has 2 aromatic carbocycles. The van der Waals surface area contributed by atoms with Gasteiger partial charge in [-0.3, -0.25) is 14.4 Å². The number of amides is 3. The normalized spacial score (nSPS) is 17.2. The lowest BCUT2D eigenvalue weighted by Gasteiger charge is -2.19. The Kier molecular flexibility index (Phi) is 5.34. The van der Waals surface area contributed by atoms with E-state index >= 15 is 0 Å². The second-order valence-electron chi connectivity index (χ2n) is 8.13. The summed E-state index contributed by atoms with van der Waals surface area (Å²) in [6, 6.07) is 14.4. The van der Waals surface area contributed by atoms with Crippen LogP contribution in [0.2, 0.25) is 0 Å². The molecule has 0 radical (unpaired) electrons. The van der Waals surface area contributed by atoms with Crippen LogP contribution in [0.5, 0.6) is 5.75 Å². The third-order valence-corrected chi connectivity index (χ3v) is 6.13. The topological polar surface area (TPSA) is 92.1 Å². The van der Waals surface area contributed by atoms with Crippen LogP contribution in [0.4, 0.5) is 17.1 Å². The number of nitrogens with zero attached hydrogens (tertiary/aromatic N) is 2. The third-order valence-electron chi connectivity index (χ3n) is 6.13. The van der Waals surface area contributed by atoms with Crippen LogP contribution in [0.1, 0.15) is 22.3 Å². The highest BCUT2D eigenvalue weighted by atomic mass is 16.5. The number of ether oxygens (including phenoxy) is 1. The molecule has 1 aromatic heterocycles. The number of hydrogen-bond acceptors (Lipinski definition) is 5. The zero-order valence-corrected chi connectivity index (χ0v) is 18.1. The van der Waals surface area contributed by atoms with Crippen LogP contribution < -0.4 is 19.9 Å². The number of rotatable bonds is 5. The molecule has 3 heterocycles. The zero-order chi connectivity index (χ0) is 22.9. The average Bonchev–Trinajstić information content (AvgIpc) is 3.58. The summed E-state index contributed by atoms with van der Waals surface area (Å²) in [5, 5.41) is 2.94. The number of anilines is 3. The number of furan rings is 1. The van der Waals surface area contributed by atoms with Gasteiger partial charge in [0, 0.05) is 30.9 Å². The molecular formula is C25H23N3O5. The largest absolute Gasteiger partial charge is 0.495 e. The summed E-state index contributed by atoms with van der Waals surface area (Å²) in [6.07, 6.45) is 3.76. The van der Waals surface area contributed by atoms with E-state index in [1.165, 1.54) is 12.5 Å². The smallest absolute Gasteiger partial charge is 0.261 e. The molecule has 33 heavy (non-hydrogen) atoms. The predicted molar refractivity (Wildman–Crippen MR) is 123 cm³/mol. The molecule has 5 rings (SSSR count). The predicted octanol–water partition coefficient (Wildman–Crippen LogP) is 3.48. The van der Waals surface area contributed by atoms with Crippen molar-refractivity contribution in [2.24, 2.45) is 5.92 Å². The van der Waals surface area contributed by atoms with E-state index < -0.39 is 5.92 Å². The summed E-state index contributed by atoms with van der Waals surface area (Å²) in [5.74, 6) is -0.290. The minimum atomic E-state index is -0.463. The summed E-state index contributed by atoms with van der Waals surface area (Å²) < 4.78 is 10.4. The first-order valence-corrected chi connectivity index (χ1v) is 10.8. The van der Waals surface area contributed by atoms with E-state index in [1.807, 2.05) is 30.3 Å². The fourth-order valence-electron chi connectivity index (χ4n) is 4.45. The van der Waals surface area contributed by atoms with Crippen LogP contribution in [0.3, 0.4) is 0 Å². The number of para-hydroxylation sites is 2. The number of nitrogens with one attached hydrogen (secondary N) is 1. The lowest BCUT2D eigenvalue weighted by atomic mass is 10.1. The maximum absolute atomic E-state index is 12.9. The molecule has 8 heteroatoms. The van der Waals surface area contributed by atoms with Crippen LogP contribution in [0.25, 0.3) is 0 Å². The van der Waals surface area contributed by atoms with Crippen molar-refractivity contribution in [2.75, 3.05) is 35.3 Å². The fraction of sp³-hybridized carbons (Fsp3) is 0.240. The summed E-state index contributed by atoms with van der Waals surface area (Å²) >= 11 is 0. The van der Waals surface area contributed by atoms with Gasteiger partial charge < -0.3 is 24.3 Å². The van der Waals surface area contributed by atoms with Crippen LogP contribution in [-0.4, -0.2) is 37.9 Å². The molecule has 0 aliphatic carbocycles. The first-order chi connectivity index (χ1) is 16.0. The molecule has 1 unspecified atom stereocenters. The van der Waals surface area contributed by atoms with Gasteiger partial charge in [0.25, 0.3) is 5.91 Å². The third kappa shape index (κ3) is 3.84. The maximum Gasteiger partial charge on any atom is 0.261 e. The summed E-state index contributed by atoms with van der Waals surface area (Å²) in [6.45, 7) is 0.866. The van der Waals surface area contributed by atoms with Crippen LogP contribution in [0, 0.1) is 5.92 Å². The van der Waals surface area contributed by atoms with Gasteiger partial charge in [-0.05, 0) is 48.4 Å². The van der Waals surface area contributed by atoms with Crippen molar-refractivity contribution >= 4 is 34.8 Å². The van der Waals surface area contributed by atoms with Crippen LogP contribution >= 0.6 is 0 Å². The molecule has 2 aliphatic rings. The first-order valence-electron chi connectivity index (χ1n) is 10.8. The zero-order valence-electron chi connectivity index (χ0n) is 18.1.